The van der Waals surface area contributed by atoms with Crippen LogP contribution in [-0.2, 0) is 14.4 Å². The molecule has 1 aliphatic rings. The van der Waals surface area contributed by atoms with E-state index in [1.54, 1.807) is 0 Å². The summed E-state index contributed by atoms with van der Waals surface area (Å²) < 4.78 is 0. The molecule has 138 valence electrons. The number of carbonyl (C=O) groups is 3. The van der Waals surface area contributed by atoms with Gasteiger partial charge in [-0.2, -0.15) is 0 Å². The molecular formula is C18H32N2O4. The monoisotopic (exact) mass is 340 g/mol. The summed E-state index contributed by atoms with van der Waals surface area (Å²) in [7, 11) is 0. The lowest BCUT2D eigenvalue weighted by Gasteiger charge is -2.30. The van der Waals surface area contributed by atoms with Crippen molar-refractivity contribution in [2.45, 2.75) is 65.8 Å². The molecule has 6 nitrogen and oxygen atoms in total. The first-order valence-electron chi connectivity index (χ1n) is 9.09. The van der Waals surface area contributed by atoms with E-state index in [1.165, 1.54) is 11.8 Å². The van der Waals surface area contributed by atoms with Crippen molar-refractivity contribution in [3.8, 4) is 0 Å². The molecule has 0 aliphatic carbocycles. The number of carbonyl (C=O) groups excluding carboxylic acids is 2. The third-order valence-corrected chi connectivity index (χ3v) is 5.31. The fourth-order valence-corrected chi connectivity index (χ4v) is 3.74. The maximum absolute atomic E-state index is 12.7. The average Bonchev–Trinajstić information content (AvgIpc) is 2.78. The molecule has 0 bridgehead atoms. The first kappa shape index (κ1) is 20.5. The molecule has 0 aromatic rings. The van der Waals surface area contributed by atoms with E-state index >= 15 is 0 Å². The average molecular weight is 340 g/mol. The van der Waals surface area contributed by atoms with Gasteiger partial charge in [0.2, 0.25) is 11.8 Å². The lowest BCUT2D eigenvalue weighted by Crippen LogP contribution is -2.43. The fourth-order valence-electron chi connectivity index (χ4n) is 3.74. The molecule has 0 aromatic heterocycles. The van der Waals surface area contributed by atoms with Crippen molar-refractivity contribution in [2.75, 3.05) is 19.6 Å². The van der Waals surface area contributed by atoms with E-state index in [0.29, 0.717) is 25.4 Å². The second-order valence-corrected chi connectivity index (χ2v) is 6.82. The highest BCUT2D eigenvalue weighted by Gasteiger charge is 2.30. The van der Waals surface area contributed by atoms with Crippen LogP contribution in [0.5, 0.6) is 0 Å². The number of nitrogens with zero attached hydrogens (tertiary/aromatic N) is 2. The summed E-state index contributed by atoms with van der Waals surface area (Å²) in [6.45, 7) is 8.68. The Morgan fingerprint density at radius 2 is 1.79 bits per heavy atom. The Morgan fingerprint density at radius 1 is 1.17 bits per heavy atom. The highest BCUT2D eigenvalue weighted by Crippen LogP contribution is 2.24. The minimum absolute atomic E-state index is 0.0134. The van der Waals surface area contributed by atoms with Crippen molar-refractivity contribution in [3.63, 3.8) is 0 Å². The van der Waals surface area contributed by atoms with E-state index in [1.807, 2.05) is 11.8 Å². The molecule has 1 rings (SSSR count). The number of rotatable bonds is 7. The lowest BCUT2D eigenvalue weighted by molar-refractivity contribution is -0.145. The van der Waals surface area contributed by atoms with Crippen LogP contribution >= 0.6 is 0 Å². The number of aliphatic carboxylic acids is 1. The van der Waals surface area contributed by atoms with E-state index in [9.17, 15) is 14.4 Å². The molecule has 6 heteroatoms. The van der Waals surface area contributed by atoms with Crippen LogP contribution < -0.4 is 0 Å². The Bertz CT molecular complexity index is 448. The summed E-state index contributed by atoms with van der Waals surface area (Å²) in [6, 6.07) is -0.0974. The van der Waals surface area contributed by atoms with Crippen molar-refractivity contribution < 1.29 is 19.5 Å². The van der Waals surface area contributed by atoms with Crippen molar-refractivity contribution >= 4 is 17.8 Å². The summed E-state index contributed by atoms with van der Waals surface area (Å²) >= 11 is 0. The van der Waals surface area contributed by atoms with Crippen molar-refractivity contribution in [2.24, 2.45) is 11.8 Å². The molecule has 24 heavy (non-hydrogen) atoms. The van der Waals surface area contributed by atoms with Gasteiger partial charge in [0.05, 0.1) is 0 Å². The largest absolute Gasteiger partial charge is 0.480 e. The van der Waals surface area contributed by atoms with Gasteiger partial charge >= 0.3 is 5.97 Å². The third kappa shape index (κ3) is 5.49. The van der Waals surface area contributed by atoms with Gasteiger partial charge in [-0.1, -0.05) is 33.6 Å². The number of amides is 2. The summed E-state index contributed by atoms with van der Waals surface area (Å²) in [5.74, 6) is -0.606. The summed E-state index contributed by atoms with van der Waals surface area (Å²) in [5.41, 5.74) is 0. The minimum atomic E-state index is -0.996. The van der Waals surface area contributed by atoms with Gasteiger partial charge in [-0.15, -0.1) is 0 Å². The quantitative estimate of drug-likeness (QED) is 0.772. The van der Waals surface area contributed by atoms with Gasteiger partial charge in [0.25, 0.3) is 0 Å². The van der Waals surface area contributed by atoms with E-state index in [2.05, 4.69) is 13.8 Å². The summed E-state index contributed by atoms with van der Waals surface area (Å²) in [5, 5.41) is 9.00. The zero-order valence-corrected chi connectivity index (χ0v) is 15.5. The number of hydrogen-bond acceptors (Lipinski definition) is 3. The van der Waals surface area contributed by atoms with Gasteiger partial charge in [0, 0.05) is 32.0 Å². The van der Waals surface area contributed by atoms with Crippen molar-refractivity contribution in [1.29, 1.82) is 0 Å². The van der Waals surface area contributed by atoms with Crippen LogP contribution in [0.2, 0.25) is 0 Å². The van der Waals surface area contributed by atoms with Gasteiger partial charge in [-0.25, -0.2) is 0 Å². The lowest BCUT2D eigenvalue weighted by atomic mass is 9.88. The normalized spacial score (nSPS) is 19.7. The van der Waals surface area contributed by atoms with Crippen molar-refractivity contribution in [1.82, 2.24) is 9.80 Å². The Balaban J connectivity index is 2.71. The second kappa shape index (κ2) is 9.64. The predicted octanol–water partition coefficient (Wildman–Crippen LogP) is 2.37. The number of carboxylic acid groups (broad SMARTS) is 1. The van der Waals surface area contributed by atoms with E-state index in [4.69, 9.17) is 5.11 Å². The molecule has 0 saturated carbocycles. The van der Waals surface area contributed by atoms with Gasteiger partial charge in [-0.05, 0) is 25.2 Å². The molecule has 0 spiro atoms. The number of carboxylic acids is 1. The van der Waals surface area contributed by atoms with E-state index in [0.717, 1.165) is 25.7 Å². The molecule has 1 aliphatic heterocycles. The smallest absolute Gasteiger partial charge is 0.323 e. The first-order chi connectivity index (χ1) is 11.3. The molecule has 0 radical (unpaired) electrons. The van der Waals surface area contributed by atoms with Gasteiger partial charge in [0.15, 0.2) is 0 Å². The maximum Gasteiger partial charge on any atom is 0.323 e. The standard InChI is InChI=1S/C18H32N2O4/c1-5-15(6-2)13(3)18(24)19-10-7-8-16(9-11-19)20(14(4)21)12-17(22)23/h13,15-16H,5-12H2,1-4H3,(H,22,23). The zero-order chi connectivity index (χ0) is 18.3. The highest BCUT2D eigenvalue weighted by atomic mass is 16.4. The third-order valence-electron chi connectivity index (χ3n) is 5.31. The summed E-state index contributed by atoms with van der Waals surface area (Å²) in [6.07, 6.45) is 4.19. The zero-order valence-electron chi connectivity index (χ0n) is 15.5. The Kier molecular flexibility index (Phi) is 8.22. The van der Waals surface area contributed by atoms with E-state index in [-0.39, 0.29) is 30.3 Å². The molecule has 1 heterocycles. The molecule has 1 saturated heterocycles. The highest BCUT2D eigenvalue weighted by molar-refractivity contribution is 5.80. The fraction of sp³-hybridized carbons (Fsp3) is 0.833. The SMILES string of the molecule is CCC(CC)C(C)C(=O)N1CCCC(N(CC(=O)O)C(C)=O)CC1. The number of hydrogen-bond donors (Lipinski definition) is 1. The van der Waals surface area contributed by atoms with Crippen LogP contribution in [-0.4, -0.2) is 58.4 Å². The van der Waals surface area contributed by atoms with Gasteiger partial charge < -0.3 is 14.9 Å². The maximum atomic E-state index is 12.7. The molecule has 1 N–H and O–H groups in total. The summed E-state index contributed by atoms with van der Waals surface area (Å²) in [4.78, 5) is 38.8. The van der Waals surface area contributed by atoms with Gasteiger partial charge in [-0.3, -0.25) is 14.4 Å². The van der Waals surface area contributed by atoms with Crippen LogP contribution in [0.3, 0.4) is 0 Å². The molecule has 0 aromatic carbocycles. The Labute approximate surface area is 145 Å². The Hall–Kier alpha value is -1.59. The van der Waals surface area contributed by atoms with Crippen LogP contribution in [0.1, 0.15) is 59.8 Å². The molecular weight excluding hydrogens is 308 g/mol. The molecule has 2 amide bonds. The van der Waals surface area contributed by atoms with Crippen LogP contribution in [0.15, 0.2) is 0 Å². The minimum Gasteiger partial charge on any atom is -0.480 e. The van der Waals surface area contributed by atoms with Crippen LogP contribution in [0.4, 0.5) is 0 Å². The molecule has 2 atom stereocenters. The molecule has 1 fully saturated rings. The van der Waals surface area contributed by atoms with E-state index < -0.39 is 5.97 Å². The van der Waals surface area contributed by atoms with Gasteiger partial charge in [0.1, 0.15) is 6.54 Å². The van der Waals surface area contributed by atoms with Crippen LogP contribution in [0.25, 0.3) is 0 Å². The van der Waals surface area contributed by atoms with Crippen LogP contribution in [0, 0.1) is 11.8 Å². The second-order valence-electron chi connectivity index (χ2n) is 6.82. The topological polar surface area (TPSA) is 77.9 Å². The number of likely N-dealkylation sites (tertiary alicyclic amines) is 1. The molecule has 2 unspecified atom stereocenters. The first-order valence-corrected chi connectivity index (χ1v) is 9.09. The van der Waals surface area contributed by atoms with Crippen molar-refractivity contribution in [3.05, 3.63) is 0 Å². The Morgan fingerprint density at radius 3 is 2.29 bits per heavy atom. The predicted molar refractivity (Wildman–Crippen MR) is 92.5 cm³/mol.